The standard InChI is InChI=1S/C12H16FNO3/c1-12(2,7-15)6-14-10-4-3-8(11(16)17)5-9(10)13/h3-5,14-15H,6-7H2,1-2H3,(H,16,17). The van der Waals surface area contributed by atoms with E-state index < -0.39 is 11.8 Å². The maximum absolute atomic E-state index is 13.5. The zero-order valence-electron chi connectivity index (χ0n) is 9.83. The Kier molecular flexibility index (Phi) is 4.07. The molecule has 17 heavy (non-hydrogen) atoms. The van der Waals surface area contributed by atoms with Gasteiger partial charge in [-0.1, -0.05) is 13.8 Å². The van der Waals surface area contributed by atoms with Crippen molar-refractivity contribution in [3.63, 3.8) is 0 Å². The zero-order chi connectivity index (χ0) is 13.1. The Hall–Kier alpha value is -1.62. The molecule has 4 nitrogen and oxygen atoms in total. The number of hydrogen-bond donors (Lipinski definition) is 3. The van der Waals surface area contributed by atoms with Crippen molar-refractivity contribution in [2.75, 3.05) is 18.5 Å². The van der Waals surface area contributed by atoms with Crippen molar-refractivity contribution in [2.24, 2.45) is 5.41 Å². The van der Waals surface area contributed by atoms with Gasteiger partial charge in [-0.3, -0.25) is 0 Å². The Balaban J connectivity index is 2.77. The van der Waals surface area contributed by atoms with E-state index in [1.165, 1.54) is 12.1 Å². The molecule has 0 heterocycles. The van der Waals surface area contributed by atoms with Crippen molar-refractivity contribution in [2.45, 2.75) is 13.8 Å². The van der Waals surface area contributed by atoms with E-state index in [9.17, 15) is 9.18 Å². The second-order valence-electron chi connectivity index (χ2n) is 4.68. The van der Waals surface area contributed by atoms with Crippen molar-refractivity contribution in [3.05, 3.63) is 29.6 Å². The molecule has 0 aliphatic rings. The largest absolute Gasteiger partial charge is 0.478 e. The van der Waals surface area contributed by atoms with Gasteiger partial charge in [0.15, 0.2) is 0 Å². The van der Waals surface area contributed by atoms with Crippen LogP contribution >= 0.6 is 0 Å². The minimum atomic E-state index is -1.16. The van der Waals surface area contributed by atoms with Crippen LogP contribution in [0.25, 0.3) is 0 Å². The highest BCUT2D eigenvalue weighted by molar-refractivity contribution is 5.88. The van der Waals surface area contributed by atoms with Gasteiger partial charge in [-0.25, -0.2) is 9.18 Å². The quantitative estimate of drug-likeness (QED) is 0.737. The molecular formula is C12H16FNO3. The fraction of sp³-hybridized carbons (Fsp3) is 0.417. The minimum absolute atomic E-state index is 0.0190. The molecule has 0 saturated heterocycles. The number of halogens is 1. The lowest BCUT2D eigenvalue weighted by Gasteiger charge is -2.22. The second kappa shape index (κ2) is 5.14. The molecule has 0 aromatic heterocycles. The number of benzene rings is 1. The first-order chi connectivity index (χ1) is 7.85. The molecule has 0 radical (unpaired) electrons. The maximum atomic E-state index is 13.5. The monoisotopic (exact) mass is 241 g/mol. The SMILES string of the molecule is CC(C)(CO)CNc1ccc(C(=O)O)cc1F. The summed E-state index contributed by atoms with van der Waals surface area (Å²) in [6.45, 7) is 4.05. The highest BCUT2D eigenvalue weighted by Gasteiger charge is 2.17. The zero-order valence-corrected chi connectivity index (χ0v) is 9.83. The van der Waals surface area contributed by atoms with E-state index in [1.807, 2.05) is 13.8 Å². The summed E-state index contributed by atoms with van der Waals surface area (Å²) < 4.78 is 13.5. The van der Waals surface area contributed by atoms with Gasteiger partial charge in [0.2, 0.25) is 0 Å². The van der Waals surface area contributed by atoms with Crippen molar-refractivity contribution < 1.29 is 19.4 Å². The third-order valence-electron chi connectivity index (χ3n) is 2.40. The number of anilines is 1. The number of carboxylic acid groups (broad SMARTS) is 1. The number of aliphatic hydroxyl groups is 1. The van der Waals surface area contributed by atoms with Crippen LogP contribution in [0.3, 0.4) is 0 Å². The highest BCUT2D eigenvalue weighted by atomic mass is 19.1. The first kappa shape index (κ1) is 13.4. The van der Waals surface area contributed by atoms with E-state index in [2.05, 4.69) is 5.32 Å². The number of hydrogen-bond acceptors (Lipinski definition) is 3. The van der Waals surface area contributed by atoms with E-state index in [4.69, 9.17) is 10.2 Å². The van der Waals surface area contributed by atoms with Gasteiger partial charge >= 0.3 is 5.97 Å². The van der Waals surface area contributed by atoms with Gasteiger partial charge in [0.1, 0.15) is 5.82 Å². The van der Waals surface area contributed by atoms with E-state index in [1.54, 1.807) is 0 Å². The minimum Gasteiger partial charge on any atom is -0.478 e. The fourth-order valence-electron chi connectivity index (χ4n) is 1.18. The van der Waals surface area contributed by atoms with Crippen LogP contribution in [0.1, 0.15) is 24.2 Å². The molecule has 3 N–H and O–H groups in total. The molecule has 0 spiro atoms. The summed E-state index contributed by atoms with van der Waals surface area (Å²) in [6.07, 6.45) is 0. The topological polar surface area (TPSA) is 69.6 Å². The van der Waals surface area contributed by atoms with Crippen molar-refractivity contribution >= 4 is 11.7 Å². The molecule has 0 fully saturated rings. The molecule has 1 aromatic rings. The van der Waals surface area contributed by atoms with Crippen molar-refractivity contribution in [1.82, 2.24) is 0 Å². The molecule has 1 rings (SSSR count). The van der Waals surface area contributed by atoms with Crippen LogP contribution in [0.15, 0.2) is 18.2 Å². The van der Waals surface area contributed by atoms with Crippen LogP contribution in [0.2, 0.25) is 0 Å². The van der Waals surface area contributed by atoms with Crippen LogP contribution in [0.5, 0.6) is 0 Å². The van der Waals surface area contributed by atoms with Crippen LogP contribution in [0, 0.1) is 11.2 Å². The Bertz CT molecular complexity index is 418. The summed E-state index contributed by atoms with van der Waals surface area (Å²) in [5.74, 6) is -1.77. The molecular weight excluding hydrogens is 225 g/mol. The van der Waals surface area contributed by atoms with Crippen LogP contribution in [-0.4, -0.2) is 29.3 Å². The summed E-state index contributed by atoms with van der Waals surface area (Å²) in [7, 11) is 0. The number of aliphatic hydroxyl groups excluding tert-OH is 1. The average molecular weight is 241 g/mol. The van der Waals surface area contributed by atoms with E-state index in [-0.39, 0.29) is 23.3 Å². The lowest BCUT2D eigenvalue weighted by molar-refractivity contribution is 0.0696. The van der Waals surface area contributed by atoms with Crippen LogP contribution in [0.4, 0.5) is 10.1 Å². The molecule has 0 aliphatic heterocycles. The number of carbonyl (C=O) groups is 1. The molecule has 94 valence electrons. The van der Waals surface area contributed by atoms with Gasteiger partial charge in [-0.15, -0.1) is 0 Å². The Morgan fingerprint density at radius 2 is 2.12 bits per heavy atom. The van der Waals surface area contributed by atoms with Gasteiger partial charge in [-0.05, 0) is 18.2 Å². The average Bonchev–Trinajstić information content (AvgIpc) is 2.27. The fourth-order valence-corrected chi connectivity index (χ4v) is 1.18. The van der Waals surface area contributed by atoms with E-state index in [0.717, 1.165) is 6.07 Å². The van der Waals surface area contributed by atoms with Gasteiger partial charge in [0.05, 0.1) is 11.3 Å². The van der Waals surface area contributed by atoms with Gasteiger partial charge in [0, 0.05) is 18.6 Å². The Morgan fingerprint density at radius 1 is 1.47 bits per heavy atom. The number of aromatic carboxylic acids is 1. The number of rotatable bonds is 5. The predicted octanol–water partition coefficient (Wildman–Crippen LogP) is 1.95. The molecule has 0 aliphatic carbocycles. The van der Waals surface area contributed by atoms with Gasteiger partial charge in [-0.2, -0.15) is 0 Å². The van der Waals surface area contributed by atoms with Gasteiger partial charge < -0.3 is 15.5 Å². The Labute approximate surface area is 99.1 Å². The lowest BCUT2D eigenvalue weighted by Crippen LogP contribution is -2.27. The van der Waals surface area contributed by atoms with Crippen molar-refractivity contribution in [1.29, 1.82) is 0 Å². The van der Waals surface area contributed by atoms with Crippen molar-refractivity contribution in [3.8, 4) is 0 Å². The number of nitrogens with one attached hydrogen (secondary N) is 1. The van der Waals surface area contributed by atoms with Crippen LogP contribution < -0.4 is 5.32 Å². The normalized spacial score (nSPS) is 11.3. The van der Waals surface area contributed by atoms with Gasteiger partial charge in [0.25, 0.3) is 0 Å². The molecule has 0 bridgehead atoms. The summed E-state index contributed by atoms with van der Waals surface area (Å²) >= 11 is 0. The molecule has 0 saturated carbocycles. The molecule has 0 atom stereocenters. The second-order valence-corrected chi connectivity index (χ2v) is 4.68. The molecule has 5 heteroatoms. The van der Waals surface area contributed by atoms with Crippen LogP contribution in [-0.2, 0) is 0 Å². The highest BCUT2D eigenvalue weighted by Crippen LogP contribution is 2.19. The third-order valence-corrected chi connectivity index (χ3v) is 2.40. The summed E-state index contributed by atoms with van der Waals surface area (Å²) in [5, 5.41) is 20.6. The lowest BCUT2D eigenvalue weighted by atomic mass is 9.95. The third kappa shape index (κ3) is 3.71. The first-order valence-corrected chi connectivity index (χ1v) is 5.23. The molecule has 0 amide bonds. The molecule has 1 aromatic carbocycles. The first-order valence-electron chi connectivity index (χ1n) is 5.23. The predicted molar refractivity (Wildman–Crippen MR) is 62.7 cm³/mol. The summed E-state index contributed by atoms with van der Waals surface area (Å²) in [5.41, 5.74) is -0.219. The smallest absolute Gasteiger partial charge is 0.335 e. The maximum Gasteiger partial charge on any atom is 0.335 e. The summed E-state index contributed by atoms with van der Waals surface area (Å²) in [4.78, 5) is 10.6. The van der Waals surface area contributed by atoms with E-state index >= 15 is 0 Å². The molecule has 0 unspecified atom stereocenters. The Morgan fingerprint density at radius 3 is 2.59 bits per heavy atom. The number of carboxylic acids is 1. The summed E-state index contributed by atoms with van der Waals surface area (Å²) in [6, 6.07) is 3.68. The van der Waals surface area contributed by atoms with E-state index in [0.29, 0.717) is 6.54 Å².